The lowest BCUT2D eigenvalue weighted by atomic mass is 10.1. The summed E-state index contributed by atoms with van der Waals surface area (Å²) in [7, 11) is 1.56. The molecule has 0 aromatic heterocycles. The van der Waals surface area contributed by atoms with Crippen LogP contribution in [0.3, 0.4) is 0 Å². The molecule has 19 heavy (non-hydrogen) atoms. The van der Waals surface area contributed by atoms with Crippen molar-refractivity contribution in [2.45, 2.75) is 26.3 Å². The zero-order chi connectivity index (χ0) is 14.0. The number of rotatable bonds is 3. The van der Waals surface area contributed by atoms with Gasteiger partial charge in [0.2, 0.25) is 11.8 Å². The van der Waals surface area contributed by atoms with Crippen molar-refractivity contribution >= 4 is 17.5 Å². The van der Waals surface area contributed by atoms with E-state index in [0.29, 0.717) is 17.9 Å². The Kier molecular flexibility index (Phi) is 3.74. The predicted octanol–water partition coefficient (Wildman–Crippen LogP) is 1.25. The summed E-state index contributed by atoms with van der Waals surface area (Å²) in [5.41, 5.74) is 1.68. The maximum atomic E-state index is 12.1. The van der Waals surface area contributed by atoms with Gasteiger partial charge in [0.1, 0.15) is 11.8 Å². The first-order valence-electron chi connectivity index (χ1n) is 6.33. The van der Waals surface area contributed by atoms with Gasteiger partial charge in [0.15, 0.2) is 0 Å². The van der Waals surface area contributed by atoms with Crippen LogP contribution in [0.5, 0.6) is 5.75 Å². The van der Waals surface area contributed by atoms with E-state index in [1.807, 2.05) is 32.0 Å². The molecule has 1 aliphatic heterocycles. The van der Waals surface area contributed by atoms with Gasteiger partial charge >= 0.3 is 0 Å². The summed E-state index contributed by atoms with van der Waals surface area (Å²) in [4.78, 5) is 25.6. The summed E-state index contributed by atoms with van der Waals surface area (Å²) in [5, 5.41) is 2.61. The minimum atomic E-state index is -0.475. The molecule has 5 nitrogen and oxygen atoms in total. The monoisotopic (exact) mass is 262 g/mol. The normalized spacial score (nSPS) is 19.3. The highest BCUT2D eigenvalue weighted by atomic mass is 16.5. The van der Waals surface area contributed by atoms with Crippen LogP contribution in [0.1, 0.15) is 18.9 Å². The van der Waals surface area contributed by atoms with Gasteiger partial charge in [-0.1, -0.05) is 13.0 Å². The van der Waals surface area contributed by atoms with Gasteiger partial charge in [0.25, 0.3) is 0 Å². The van der Waals surface area contributed by atoms with E-state index in [9.17, 15) is 9.59 Å². The Morgan fingerprint density at radius 1 is 1.42 bits per heavy atom. The Labute approximate surface area is 112 Å². The first-order chi connectivity index (χ1) is 9.08. The van der Waals surface area contributed by atoms with Crippen LogP contribution in [0.2, 0.25) is 0 Å². The Hall–Kier alpha value is -2.04. The minimum absolute atomic E-state index is 0.0342. The number of hydrogen-bond acceptors (Lipinski definition) is 3. The van der Waals surface area contributed by atoms with Gasteiger partial charge in [0, 0.05) is 0 Å². The van der Waals surface area contributed by atoms with Crippen molar-refractivity contribution in [3.05, 3.63) is 23.8 Å². The van der Waals surface area contributed by atoms with Crippen LogP contribution < -0.4 is 15.0 Å². The average Bonchev–Trinajstić information content (AvgIpc) is 2.41. The van der Waals surface area contributed by atoms with E-state index < -0.39 is 6.04 Å². The highest BCUT2D eigenvalue weighted by Gasteiger charge is 2.35. The second-order valence-electron chi connectivity index (χ2n) is 4.58. The molecule has 102 valence electrons. The van der Waals surface area contributed by atoms with Crippen molar-refractivity contribution in [1.29, 1.82) is 0 Å². The Bertz CT molecular complexity index is 513. The zero-order valence-corrected chi connectivity index (χ0v) is 11.4. The number of carbonyl (C=O) groups is 2. The summed E-state index contributed by atoms with van der Waals surface area (Å²) < 4.78 is 5.30. The number of amides is 2. The lowest BCUT2D eigenvalue weighted by Gasteiger charge is -2.35. The summed E-state index contributed by atoms with van der Waals surface area (Å²) in [6.07, 6.45) is 0.564. The maximum Gasteiger partial charge on any atom is 0.247 e. The molecule has 1 saturated heterocycles. The highest BCUT2D eigenvalue weighted by Crippen LogP contribution is 2.32. The third-order valence-corrected chi connectivity index (χ3v) is 3.28. The van der Waals surface area contributed by atoms with Gasteiger partial charge in [-0.15, -0.1) is 0 Å². The van der Waals surface area contributed by atoms with E-state index >= 15 is 0 Å². The number of hydrogen-bond donors (Lipinski definition) is 1. The van der Waals surface area contributed by atoms with E-state index in [4.69, 9.17) is 4.74 Å². The maximum absolute atomic E-state index is 12.1. The van der Waals surface area contributed by atoms with Crippen molar-refractivity contribution in [2.24, 2.45) is 0 Å². The molecule has 1 heterocycles. The predicted molar refractivity (Wildman–Crippen MR) is 72.3 cm³/mol. The number of methoxy groups -OCH3 is 1. The van der Waals surface area contributed by atoms with Crippen LogP contribution in [0.15, 0.2) is 18.2 Å². The highest BCUT2D eigenvalue weighted by molar-refractivity contribution is 6.07. The topological polar surface area (TPSA) is 58.6 Å². The molecule has 1 atom stereocenters. The Morgan fingerprint density at radius 3 is 2.79 bits per heavy atom. The number of ether oxygens (including phenoxy) is 1. The lowest BCUT2D eigenvalue weighted by molar-refractivity contribution is -0.131. The molecule has 2 rings (SSSR count). The van der Waals surface area contributed by atoms with Crippen molar-refractivity contribution in [1.82, 2.24) is 5.32 Å². The minimum Gasteiger partial charge on any atom is -0.495 e. The van der Waals surface area contributed by atoms with Gasteiger partial charge in [-0.2, -0.15) is 0 Å². The first kappa shape index (κ1) is 13.4. The molecule has 5 heteroatoms. The van der Waals surface area contributed by atoms with Crippen LogP contribution in [0, 0.1) is 6.92 Å². The van der Waals surface area contributed by atoms with E-state index in [2.05, 4.69) is 5.32 Å². The molecule has 0 spiro atoms. The molecule has 0 saturated carbocycles. The zero-order valence-electron chi connectivity index (χ0n) is 11.4. The molecule has 0 aliphatic carbocycles. The molecule has 1 fully saturated rings. The Morgan fingerprint density at radius 2 is 2.16 bits per heavy atom. The number of benzene rings is 1. The van der Waals surface area contributed by atoms with Crippen molar-refractivity contribution in [3.8, 4) is 5.75 Å². The van der Waals surface area contributed by atoms with E-state index in [-0.39, 0.29) is 18.4 Å². The summed E-state index contributed by atoms with van der Waals surface area (Å²) >= 11 is 0. The van der Waals surface area contributed by atoms with Gasteiger partial charge < -0.3 is 10.1 Å². The molecule has 1 unspecified atom stereocenters. The first-order valence-corrected chi connectivity index (χ1v) is 6.33. The number of anilines is 1. The molecular formula is C14H18N2O3. The Balaban J connectivity index is 2.50. The van der Waals surface area contributed by atoms with Gasteiger partial charge in [-0.3, -0.25) is 14.5 Å². The quantitative estimate of drug-likeness (QED) is 0.891. The fraction of sp³-hybridized carbons (Fsp3) is 0.429. The van der Waals surface area contributed by atoms with Crippen LogP contribution in [0.25, 0.3) is 0 Å². The van der Waals surface area contributed by atoms with E-state index in [1.54, 1.807) is 12.0 Å². The van der Waals surface area contributed by atoms with Gasteiger partial charge in [-0.25, -0.2) is 0 Å². The molecule has 1 aliphatic rings. The summed E-state index contributed by atoms with van der Waals surface area (Å²) in [6.45, 7) is 3.86. The summed E-state index contributed by atoms with van der Waals surface area (Å²) in [6, 6.07) is 5.13. The number of piperazine rings is 1. The number of nitrogens with one attached hydrogen (secondary N) is 1. The van der Waals surface area contributed by atoms with Gasteiger partial charge in [-0.05, 0) is 31.0 Å². The third kappa shape index (κ3) is 2.41. The molecule has 1 aromatic rings. The second kappa shape index (κ2) is 5.30. The van der Waals surface area contributed by atoms with E-state index in [0.717, 1.165) is 5.56 Å². The fourth-order valence-corrected chi connectivity index (χ4v) is 2.32. The molecule has 0 radical (unpaired) electrons. The van der Waals surface area contributed by atoms with Gasteiger partial charge in [0.05, 0.1) is 19.3 Å². The van der Waals surface area contributed by atoms with Crippen LogP contribution in [-0.4, -0.2) is 31.5 Å². The summed E-state index contributed by atoms with van der Waals surface area (Å²) in [5.74, 6) is 0.369. The smallest absolute Gasteiger partial charge is 0.247 e. The molecular weight excluding hydrogens is 244 g/mol. The molecule has 1 N–H and O–H groups in total. The van der Waals surface area contributed by atoms with Crippen molar-refractivity contribution < 1.29 is 14.3 Å². The number of nitrogens with zero attached hydrogens (tertiary/aromatic N) is 1. The second-order valence-corrected chi connectivity index (χ2v) is 4.58. The van der Waals surface area contributed by atoms with Crippen molar-refractivity contribution in [2.75, 3.05) is 18.6 Å². The van der Waals surface area contributed by atoms with Crippen molar-refractivity contribution in [3.63, 3.8) is 0 Å². The average molecular weight is 262 g/mol. The van der Waals surface area contributed by atoms with Crippen LogP contribution in [0.4, 0.5) is 5.69 Å². The largest absolute Gasteiger partial charge is 0.495 e. The fourth-order valence-electron chi connectivity index (χ4n) is 2.32. The number of aryl methyl sites for hydroxylation is 1. The standard InChI is InChI=1S/C14H18N2O3/c1-4-10-14(18)15-8-13(17)16(10)11-7-9(2)5-6-12(11)19-3/h5-7,10H,4,8H2,1-3H3,(H,15,18). The lowest BCUT2D eigenvalue weighted by Crippen LogP contribution is -2.58. The van der Waals surface area contributed by atoms with E-state index in [1.165, 1.54) is 0 Å². The molecule has 2 amide bonds. The number of carbonyl (C=O) groups excluding carboxylic acids is 2. The SMILES string of the molecule is CCC1C(=O)NCC(=O)N1c1cc(C)ccc1OC. The third-order valence-electron chi connectivity index (χ3n) is 3.28. The molecule has 0 bridgehead atoms. The van der Waals surface area contributed by atoms with Crippen LogP contribution >= 0.6 is 0 Å². The molecule has 1 aromatic carbocycles. The van der Waals surface area contributed by atoms with Crippen LogP contribution in [-0.2, 0) is 9.59 Å².